The molecule has 0 aliphatic rings. The third-order valence-electron chi connectivity index (χ3n) is 3.66. The van der Waals surface area contributed by atoms with Gasteiger partial charge in [0.1, 0.15) is 23.1 Å². The summed E-state index contributed by atoms with van der Waals surface area (Å²) in [6, 6.07) is 12.0. The molecule has 1 amide bonds. The number of rotatable bonds is 5. The lowest BCUT2D eigenvalue weighted by Crippen LogP contribution is -2.23. The zero-order chi connectivity index (χ0) is 17.8. The maximum Gasteiger partial charge on any atom is 0.269 e. The van der Waals surface area contributed by atoms with Crippen LogP contribution in [0.3, 0.4) is 0 Å². The zero-order valence-electron chi connectivity index (χ0n) is 13.3. The molecule has 1 aromatic heterocycles. The summed E-state index contributed by atoms with van der Waals surface area (Å²) in [7, 11) is 1.58. The van der Waals surface area contributed by atoms with E-state index in [2.05, 4.69) is 15.5 Å². The van der Waals surface area contributed by atoms with E-state index < -0.39 is 17.5 Å². The van der Waals surface area contributed by atoms with Crippen LogP contribution < -0.4 is 10.1 Å². The fourth-order valence-corrected chi connectivity index (χ4v) is 2.28. The molecule has 7 heteroatoms. The first-order valence-corrected chi connectivity index (χ1v) is 7.49. The van der Waals surface area contributed by atoms with E-state index in [-0.39, 0.29) is 17.8 Å². The van der Waals surface area contributed by atoms with Crippen molar-refractivity contribution in [1.29, 1.82) is 0 Å². The maximum atomic E-state index is 13.6. The second-order valence-electron chi connectivity index (χ2n) is 5.31. The molecule has 3 rings (SSSR count). The highest BCUT2D eigenvalue weighted by Gasteiger charge is 2.12. The highest BCUT2D eigenvalue weighted by molar-refractivity contribution is 5.93. The number of benzene rings is 2. The highest BCUT2D eigenvalue weighted by atomic mass is 19.1. The monoisotopic (exact) mass is 343 g/mol. The number of halogens is 2. The summed E-state index contributed by atoms with van der Waals surface area (Å²) in [5.41, 5.74) is 1.86. The van der Waals surface area contributed by atoms with Gasteiger partial charge in [-0.3, -0.25) is 9.89 Å². The molecule has 25 heavy (non-hydrogen) atoms. The summed E-state index contributed by atoms with van der Waals surface area (Å²) < 4.78 is 31.5. The molecular formula is C18H15F2N3O2. The van der Waals surface area contributed by atoms with Crippen molar-refractivity contribution in [1.82, 2.24) is 15.5 Å². The Hall–Kier alpha value is -3.22. The molecule has 0 saturated carbocycles. The van der Waals surface area contributed by atoms with E-state index in [1.165, 1.54) is 6.07 Å². The van der Waals surface area contributed by atoms with Crippen molar-refractivity contribution in [2.75, 3.05) is 7.11 Å². The van der Waals surface area contributed by atoms with Crippen molar-refractivity contribution in [3.8, 4) is 17.0 Å². The zero-order valence-corrected chi connectivity index (χ0v) is 13.3. The fourth-order valence-electron chi connectivity index (χ4n) is 2.28. The number of hydrogen-bond acceptors (Lipinski definition) is 3. The van der Waals surface area contributed by atoms with E-state index >= 15 is 0 Å². The summed E-state index contributed by atoms with van der Waals surface area (Å²) in [4.78, 5) is 12.1. The Balaban J connectivity index is 1.67. The minimum absolute atomic E-state index is 0.0537. The second-order valence-corrected chi connectivity index (χ2v) is 5.31. The molecule has 2 N–H and O–H groups in total. The molecule has 0 aliphatic heterocycles. The SMILES string of the molecule is COc1ccc(-c2cc(C(=O)NCc3ccc(F)cc3F)[nH]n2)cc1. The summed E-state index contributed by atoms with van der Waals surface area (Å²) in [6.45, 7) is -0.0537. The summed E-state index contributed by atoms with van der Waals surface area (Å²) >= 11 is 0. The molecule has 0 radical (unpaired) electrons. The number of methoxy groups -OCH3 is 1. The van der Waals surface area contributed by atoms with Crippen molar-refractivity contribution in [2.24, 2.45) is 0 Å². The Morgan fingerprint density at radius 2 is 1.92 bits per heavy atom. The summed E-state index contributed by atoms with van der Waals surface area (Å²) in [5.74, 6) is -1.08. The van der Waals surface area contributed by atoms with Gasteiger partial charge in [0.25, 0.3) is 5.91 Å². The van der Waals surface area contributed by atoms with Crippen LogP contribution in [0, 0.1) is 11.6 Å². The first kappa shape index (κ1) is 16.6. The van der Waals surface area contributed by atoms with E-state index in [9.17, 15) is 13.6 Å². The van der Waals surface area contributed by atoms with Crippen LogP contribution in [0.5, 0.6) is 5.75 Å². The molecule has 5 nitrogen and oxygen atoms in total. The van der Waals surface area contributed by atoms with Crippen molar-refractivity contribution in [3.63, 3.8) is 0 Å². The van der Waals surface area contributed by atoms with Gasteiger partial charge in [-0.05, 0) is 36.4 Å². The topological polar surface area (TPSA) is 67.0 Å². The van der Waals surface area contributed by atoms with Crippen LogP contribution in [0.15, 0.2) is 48.5 Å². The molecule has 0 fully saturated rings. The molecule has 2 aromatic carbocycles. The number of H-pyrrole nitrogens is 1. The molecule has 1 heterocycles. The lowest BCUT2D eigenvalue weighted by Gasteiger charge is -2.05. The molecule has 0 spiro atoms. The van der Waals surface area contributed by atoms with Gasteiger partial charge in [-0.25, -0.2) is 8.78 Å². The number of nitrogens with one attached hydrogen (secondary N) is 2. The highest BCUT2D eigenvalue weighted by Crippen LogP contribution is 2.21. The normalized spacial score (nSPS) is 10.5. The van der Waals surface area contributed by atoms with Crippen LogP contribution >= 0.6 is 0 Å². The van der Waals surface area contributed by atoms with Gasteiger partial charge >= 0.3 is 0 Å². The Morgan fingerprint density at radius 1 is 1.16 bits per heavy atom. The van der Waals surface area contributed by atoms with Crippen molar-refractivity contribution >= 4 is 5.91 Å². The third kappa shape index (κ3) is 3.82. The average molecular weight is 343 g/mol. The van der Waals surface area contributed by atoms with Gasteiger partial charge in [0.15, 0.2) is 0 Å². The predicted octanol–water partition coefficient (Wildman–Crippen LogP) is 3.29. The maximum absolute atomic E-state index is 13.6. The smallest absolute Gasteiger partial charge is 0.269 e. The number of hydrogen-bond donors (Lipinski definition) is 2. The van der Waals surface area contributed by atoms with Gasteiger partial charge in [0, 0.05) is 23.7 Å². The van der Waals surface area contributed by atoms with E-state index in [1.54, 1.807) is 25.3 Å². The molecule has 0 saturated heterocycles. The number of aromatic nitrogens is 2. The first-order valence-electron chi connectivity index (χ1n) is 7.49. The number of carbonyl (C=O) groups is 1. The Bertz CT molecular complexity index is 892. The van der Waals surface area contributed by atoms with Gasteiger partial charge in [-0.15, -0.1) is 0 Å². The quantitative estimate of drug-likeness (QED) is 0.747. The molecule has 0 unspecified atom stereocenters. The predicted molar refractivity (Wildman–Crippen MR) is 88.1 cm³/mol. The van der Waals surface area contributed by atoms with Gasteiger partial charge in [-0.2, -0.15) is 5.10 Å². The van der Waals surface area contributed by atoms with Gasteiger partial charge < -0.3 is 10.1 Å². The molecule has 3 aromatic rings. The molecule has 0 atom stereocenters. The van der Waals surface area contributed by atoms with Gasteiger partial charge in [0.05, 0.1) is 12.8 Å². The lowest BCUT2D eigenvalue weighted by molar-refractivity contribution is 0.0945. The van der Waals surface area contributed by atoms with Gasteiger partial charge in [-0.1, -0.05) is 6.07 Å². The minimum atomic E-state index is -0.705. The third-order valence-corrected chi connectivity index (χ3v) is 3.66. The van der Waals surface area contributed by atoms with Crippen LogP contribution in [0.2, 0.25) is 0 Å². The molecular weight excluding hydrogens is 328 g/mol. The van der Waals surface area contributed by atoms with Crippen LogP contribution in [0.25, 0.3) is 11.3 Å². The number of aromatic amines is 1. The van der Waals surface area contributed by atoms with Crippen LogP contribution in [0.1, 0.15) is 16.1 Å². The van der Waals surface area contributed by atoms with E-state index in [0.29, 0.717) is 5.69 Å². The first-order chi connectivity index (χ1) is 12.1. The van der Waals surface area contributed by atoms with Crippen molar-refractivity contribution in [3.05, 3.63) is 71.4 Å². The Morgan fingerprint density at radius 3 is 2.60 bits per heavy atom. The van der Waals surface area contributed by atoms with Crippen molar-refractivity contribution < 1.29 is 18.3 Å². The Labute approximate surface area is 142 Å². The number of amides is 1. The average Bonchev–Trinajstić information content (AvgIpc) is 3.11. The van der Waals surface area contributed by atoms with Crippen molar-refractivity contribution in [2.45, 2.75) is 6.54 Å². The summed E-state index contributed by atoms with van der Waals surface area (Å²) in [5, 5.41) is 9.31. The number of ether oxygens (including phenoxy) is 1. The Kier molecular flexibility index (Phi) is 4.74. The number of nitrogens with zero attached hydrogens (tertiary/aromatic N) is 1. The minimum Gasteiger partial charge on any atom is -0.497 e. The van der Waals surface area contributed by atoms with E-state index in [4.69, 9.17) is 4.74 Å². The standard InChI is InChI=1S/C18H15F2N3O2/c1-25-14-6-3-11(4-7-14)16-9-17(23-22-16)18(24)21-10-12-2-5-13(19)8-15(12)20/h2-9H,10H2,1H3,(H,21,24)(H,22,23). The van der Waals surface area contributed by atoms with Crippen LogP contribution in [0.4, 0.5) is 8.78 Å². The van der Waals surface area contributed by atoms with Gasteiger partial charge in [0.2, 0.25) is 0 Å². The van der Waals surface area contributed by atoms with Crippen LogP contribution in [-0.2, 0) is 6.54 Å². The summed E-state index contributed by atoms with van der Waals surface area (Å²) in [6.07, 6.45) is 0. The lowest BCUT2D eigenvalue weighted by atomic mass is 10.1. The van der Waals surface area contributed by atoms with E-state index in [0.717, 1.165) is 23.4 Å². The molecule has 0 aliphatic carbocycles. The fraction of sp³-hybridized carbons (Fsp3) is 0.111. The number of carbonyl (C=O) groups excluding carboxylic acids is 1. The molecule has 128 valence electrons. The van der Waals surface area contributed by atoms with E-state index in [1.807, 2.05) is 12.1 Å². The second kappa shape index (κ2) is 7.12. The van der Waals surface area contributed by atoms with Crippen LogP contribution in [-0.4, -0.2) is 23.2 Å². The molecule has 0 bridgehead atoms. The largest absolute Gasteiger partial charge is 0.497 e.